The Bertz CT molecular complexity index is 1370. The summed E-state index contributed by atoms with van der Waals surface area (Å²) < 4.78 is 10.7. The molecule has 0 heterocycles. The molecule has 1 amide bonds. The minimum Gasteiger partial charge on any atom is -0.493 e. The van der Waals surface area contributed by atoms with E-state index >= 15 is 0 Å². The fraction of sp³-hybridized carbons (Fsp3) is 0.265. The van der Waals surface area contributed by atoms with E-state index < -0.39 is 0 Å². The van der Waals surface area contributed by atoms with Gasteiger partial charge in [-0.25, -0.2) is 0 Å². The molecule has 39 heavy (non-hydrogen) atoms. The van der Waals surface area contributed by atoms with E-state index in [1.54, 1.807) is 14.2 Å². The lowest BCUT2D eigenvalue weighted by Crippen LogP contribution is -2.13. The van der Waals surface area contributed by atoms with Crippen molar-refractivity contribution in [3.8, 4) is 11.5 Å². The van der Waals surface area contributed by atoms with Crippen LogP contribution in [-0.2, 0) is 6.42 Å². The molecule has 5 nitrogen and oxygen atoms in total. The van der Waals surface area contributed by atoms with Crippen LogP contribution in [0.4, 0.5) is 5.69 Å². The molecule has 3 aromatic rings. The number of amides is 1. The quantitative estimate of drug-likeness (QED) is 0.238. The predicted molar refractivity (Wildman–Crippen MR) is 163 cm³/mol. The van der Waals surface area contributed by atoms with Crippen LogP contribution in [0.2, 0.25) is 0 Å². The van der Waals surface area contributed by atoms with Gasteiger partial charge in [0.2, 0.25) is 0 Å². The maximum Gasteiger partial charge on any atom is 0.255 e. The number of hydrogen-bond acceptors (Lipinski definition) is 4. The van der Waals surface area contributed by atoms with Crippen LogP contribution >= 0.6 is 0 Å². The number of rotatable bonds is 12. The van der Waals surface area contributed by atoms with E-state index in [4.69, 9.17) is 9.47 Å². The molecule has 0 bridgehead atoms. The van der Waals surface area contributed by atoms with Crippen molar-refractivity contribution in [2.75, 3.05) is 26.6 Å². The highest BCUT2D eigenvalue weighted by molar-refractivity contribution is 6.04. The normalized spacial score (nSPS) is 11.5. The number of nitrogens with one attached hydrogen (secondary N) is 2. The van der Waals surface area contributed by atoms with Gasteiger partial charge < -0.3 is 20.1 Å². The fourth-order valence-electron chi connectivity index (χ4n) is 4.45. The van der Waals surface area contributed by atoms with Gasteiger partial charge in [-0.05, 0) is 96.0 Å². The molecule has 3 aromatic carbocycles. The second-order valence-corrected chi connectivity index (χ2v) is 9.82. The van der Waals surface area contributed by atoms with E-state index in [9.17, 15) is 4.79 Å². The third-order valence-electron chi connectivity index (χ3n) is 6.60. The van der Waals surface area contributed by atoms with Crippen molar-refractivity contribution in [3.63, 3.8) is 0 Å². The fourth-order valence-corrected chi connectivity index (χ4v) is 4.45. The SMILES string of the molecule is C=C(/C=C(/CCc1cccc(C(=O)Nc2ccc(C(C)C)c(C)c2)c1)NC)/C=C/c1ccc(OC)c(OC)c1. The van der Waals surface area contributed by atoms with E-state index in [0.717, 1.165) is 40.9 Å². The molecule has 0 radical (unpaired) electrons. The summed E-state index contributed by atoms with van der Waals surface area (Å²) in [5.41, 5.74) is 7.97. The zero-order chi connectivity index (χ0) is 28.4. The van der Waals surface area contributed by atoms with Crippen molar-refractivity contribution >= 4 is 17.7 Å². The maximum atomic E-state index is 12.9. The number of carbonyl (C=O) groups excluding carboxylic acids is 1. The van der Waals surface area contributed by atoms with Gasteiger partial charge in [-0.1, -0.05) is 56.8 Å². The van der Waals surface area contributed by atoms with Crippen molar-refractivity contribution in [3.05, 3.63) is 118 Å². The van der Waals surface area contributed by atoms with Crippen LogP contribution in [0.25, 0.3) is 6.08 Å². The van der Waals surface area contributed by atoms with Crippen LogP contribution in [0.1, 0.15) is 58.8 Å². The van der Waals surface area contributed by atoms with Gasteiger partial charge in [-0.2, -0.15) is 0 Å². The minimum atomic E-state index is -0.105. The standard InChI is InChI=1S/C34H40N2O3/c1-23(2)31-17-16-30(20-25(31)4)36-34(37)28-10-8-9-26(21-28)13-15-29(35-5)19-24(3)11-12-27-14-18-32(38-6)33(22-27)39-7/h8-12,14,16-23,35H,3,13,15H2,1-2,4-7H3,(H,36,37)/b12-11+,29-19-. The highest BCUT2D eigenvalue weighted by Crippen LogP contribution is 2.28. The first-order chi connectivity index (χ1) is 18.7. The molecule has 0 spiro atoms. The monoisotopic (exact) mass is 524 g/mol. The van der Waals surface area contributed by atoms with Gasteiger partial charge in [0.1, 0.15) is 0 Å². The van der Waals surface area contributed by atoms with Crippen LogP contribution in [0.3, 0.4) is 0 Å². The Hall–Kier alpha value is -4.25. The molecule has 5 heteroatoms. The summed E-state index contributed by atoms with van der Waals surface area (Å²) in [6, 6.07) is 19.7. The molecule has 0 aliphatic rings. The Balaban J connectivity index is 1.62. The van der Waals surface area contributed by atoms with E-state index in [-0.39, 0.29) is 5.91 Å². The Labute approximate surface area is 233 Å². The Kier molecular flexibility index (Phi) is 10.6. The van der Waals surface area contributed by atoms with Crippen molar-refractivity contribution < 1.29 is 14.3 Å². The number of carbonyl (C=O) groups is 1. The number of ether oxygens (including phenoxy) is 2. The Morgan fingerprint density at radius 1 is 1.00 bits per heavy atom. The molecule has 0 atom stereocenters. The largest absolute Gasteiger partial charge is 0.493 e. The van der Waals surface area contributed by atoms with Gasteiger partial charge in [0.05, 0.1) is 14.2 Å². The second-order valence-electron chi connectivity index (χ2n) is 9.82. The van der Waals surface area contributed by atoms with Crippen LogP contribution in [0.15, 0.2) is 90.7 Å². The van der Waals surface area contributed by atoms with Crippen LogP contribution in [-0.4, -0.2) is 27.2 Å². The molecule has 0 saturated carbocycles. The molecule has 2 N–H and O–H groups in total. The van der Waals surface area contributed by atoms with Crippen LogP contribution < -0.4 is 20.1 Å². The molecule has 0 aromatic heterocycles. The smallest absolute Gasteiger partial charge is 0.255 e. The van der Waals surface area contributed by atoms with Crippen molar-refractivity contribution in [2.45, 2.75) is 39.5 Å². The van der Waals surface area contributed by atoms with Gasteiger partial charge in [-0.3, -0.25) is 4.79 Å². The van der Waals surface area contributed by atoms with E-state index in [1.807, 2.05) is 73.8 Å². The second kappa shape index (κ2) is 14.1. The Morgan fingerprint density at radius 2 is 1.77 bits per heavy atom. The molecule has 3 rings (SSSR count). The summed E-state index contributed by atoms with van der Waals surface area (Å²) in [6.07, 6.45) is 7.59. The zero-order valence-corrected chi connectivity index (χ0v) is 23.9. The predicted octanol–water partition coefficient (Wildman–Crippen LogP) is 7.69. The summed E-state index contributed by atoms with van der Waals surface area (Å²) >= 11 is 0. The first-order valence-corrected chi connectivity index (χ1v) is 13.2. The maximum absolute atomic E-state index is 12.9. The minimum absolute atomic E-state index is 0.105. The lowest BCUT2D eigenvalue weighted by molar-refractivity contribution is 0.102. The van der Waals surface area contributed by atoms with E-state index in [2.05, 4.69) is 50.1 Å². The summed E-state index contributed by atoms with van der Waals surface area (Å²) in [5.74, 6) is 1.73. The van der Waals surface area contributed by atoms with E-state index in [0.29, 0.717) is 23.0 Å². The third kappa shape index (κ3) is 8.37. The van der Waals surface area contributed by atoms with Crippen molar-refractivity contribution in [1.82, 2.24) is 5.32 Å². The van der Waals surface area contributed by atoms with Gasteiger partial charge in [-0.15, -0.1) is 0 Å². The van der Waals surface area contributed by atoms with Crippen molar-refractivity contribution in [2.24, 2.45) is 0 Å². The number of benzene rings is 3. The summed E-state index contributed by atoms with van der Waals surface area (Å²) in [5, 5.41) is 6.31. The molecular weight excluding hydrogens is 484 g/mol. The number of allylic oxidation sites excluding steroid dienone is 4. The average molecular weight is 525 g/mol. The molecule has 0 fully saturated rings. The topological polar surface area (TPSA) is 59.6 Å². The average Bonchev–Trinajstić information content (AvgIpc) is 2.93. The Morgan fingerprint density at radius 3 is 2.44 bits per heavy atom. The van der Waals surface area contributed by atoms with Crippen LogP contribution in [0.5, 0.6) is 11.5 Å². The summed E-state index contributed by atoms with van der Waals surface area (Å²) in [4.78, 5) is 12.9. The van der Waals surface area contributed by atoms with Gasteiger partial charge in [0.15, 0.2) is 11.5 Å². The zero-order valence-electron chi connectivity index (χ0n) is 23.9. The number of aryl methyl sites for hydroxylation is 2. The first-order valence-electron chi connectivity index (χ1n) is 13.2. The molecule has 0 unspecified atom stereocenters. The molecule has 0 aliphatic heterocycles. The highest BCUT2D eigenvalue weighted by Gasteiger charge is 2.10. The van der Waals surface area contributed by atoms with Gasteiger partial charge >= 0.3 is 0 Å². The number of hydrogen-bond donors (Lipinski definition) is 2. The molecule has 204 valence electrons. The molecule has 0 aliphatic carbocycles. The lowest BCUT2D eigenvalue weighted by Gasteiger charge is -2.13. The van der Waals surface area contributed by atoms with Gasteiger partial charge in [0.25, 0.3) is 5.91 Å². The van der Waals surface area contributed by atoms with Gasteiger partial charge in [0, 0.05) is 24.0 Å². The molecule has 0 saturated heterocycles. The number of anilines is 1. The summed E-state index contributed by atoms with van der Waals surface area (Å²) in [7, 11) is 5.16. The molecular formula is C34H40N2O3. The van der Waals surface area contributed by atoms with Crippen molar-refractivity contribution in [1.29, 1.82) is 0 Å². The summed E-state index contributed by atoms with van der Waals surface area (Å²) in [6.45, 7) is 10.6. The highest BCUT2D eigenvalue weighted by atomic mass is 16.5. The van der Waals surface area contributed by atoms with Crippen LogP contribution in [0, 0.1) is 6.92 Å². The first kappa shape index (κ1) is 29.3. The lowest BCUT2D eigenvalue weighted by atomic mass is 9.97. The number of methoxy groups -OCH3 is 2. The van der Waals surface area contributed by atoms with E-state index in [1.165, 1.54) is 11.1 Å². The third-order valence-corrected chi connectivity index (χ3v) is 6.60.